The fourth-order valence-corrected chi connectivity index (χ4v) is 1.61. The summed E-state index contributed by atoms with van der Waals surface area (Å²) in [7, 11) is 0. The fraction of sp³-hybridized carbons (Fsp3) is 0.500. The zero-order valence-corrected chi connectivity index (χ0v) is 11.8. The maximum atomic E-state index is 13.7. The van der Waals surface area contributed by atoms with E-state index in [1.807, 2.05) is 0 Å². The minimum absolute atomic E-state index is 0.326. The summed E-state index contributed by atoms with van der Waals surface area (Å²) in [6.45, 7) is 7.34. The molecule has 0 saturated heterocycles. The number of carbonyl (C=O) groups is 1. The van der Waals surface area contributed by atoms with Gasteiger partial charge in [-0.2, -0.15) is 0 Å². The molecule has 0 aromatic heterocycles. The van der Waals surface area contributed by atoms with Gasteiger partial charge in [-0.3, -0.25) is 0 Å². The second-order valence-corrected chi connectivity index (χ2v) is 5.43. The molecule has 1 rings (SSSR count). The van der Waals surface area contributed by atoms with Crippen LogP contribution in [0, 0.1) is 5.82 Å². The first-order chi connectivity index (χ1) is 8.73. The lowest BCUT2D eigenvalue weighted by molar-refractivity contribution is 0.0507. The molecule has 0 saturated carbocycles. The predicted molar refractivity (Wildman–Crippen MR) is 72.1 cm³/mol. The van der Waals surface area contributed by atoms with Crippen molar-refractivity contribution >= 4 is 6.09 Å². The zero-order valence-electron chi connectivity index (χ0n) is 11.8. The molecule has 1 unspecified atom stereocenters. The minimum atomic E-state index is -0.582. The fourth-order valence-electron chi connectivity index (χ4n) is 1.61. The van der Waals surface area contributed by atoms with E-state index in [0.717, 1.165) is 5.56 Å². The van der Waals surface area contributed by atoms with Gasteiger partial charge in [0.25, 0.3) is 0 Å². The molecule has 0 bridgehead atoms. The van der Waals surface area contributed by atoms with Crippen LogP contribution in [0.1, 0.15) is 44.9 Å². The van der Waals surface area contributed by atoms with Gasteiger partial charge in [0, 0.05) is 12.1 Å². The highest BCUT2D eigenvalue weighted by Gasteiger charge is 2.19. The Morgan fingerprint density at radius 3 is 2.63 bits per heavy atom. The molecule has 106 valence electrons. The largest absolute Gasteiger partial charge is 0.444 e. The van der Waals surface area contributed by atoms with Crippen LogP contribution >= 0.6 is 0 Å². The predicted octanol–water partition coefficient (Wildman–Crippen LogP) is 2.87. The van der Waals surface area contributed by atoms with E-state index >= 15 is 0 Å². The van der Waals surface area contributed by atoms with Crippen LogP contribution in [0.15, 0.2) is 18.2 Å². The number of benzene rings is 1. The highest BCUT2D eigenvalue weighted by atomic mass is 19.1. The number of amides is 1. The van der Waals surface area contributed by atoms with Crippen LogP contribution in [0.3, 0.4) is 0 Å². The van der Waals surface area contributed by atoms with Crippen molar-refractivity contribution in [2.24, 2.45) is 5.73 Å². The van der Waals surface area contributed by atoms with E-state index in [9.17, 15) is 9.18 Å². The molecule has 4 nitrogen and oxygen atoms in total. The summed E-state index contributed by atoms with van der Waals surface area (Å²) >= 11 is 0. The lowest BCUT2D eigenvalue weighted by Gasteiger charge is -2.22. The van der Waals surface area contributed by atoms with Crippen LogP contribution in [-0.4, -0.2) is 11.7 Å². The van der Waals surface area contributed by atoms with Gasteiger partial charge < -0.3 is 15.8 Å². The Hall–Kier alpha value is -1.62. The van der Waals surface area contributed by atoms with E-state index in [2.05, 4.69) is 5.32 Å². The summed E-state index contributed by atoms with van der Waals surface area (Å²) in [6, 6.07) is 4.14. The Labute approximate surface area is 113 Å². The van der Waals surface area contributed by atoms with Crippen LogP contribution in [-0.2, 0) is 11.3 Å². The molecule has 0 radical (unpaired) electrons. The van der Waals surface area contributed by atoms with Gasteiger partial charge in [-0.1, -0.05) is 6.07 Å². The summed E-state index contributed by atoms with van der Waals surface area (Å²) in [6.07, 6.45) is -0.572. The Bertz CT molecular complexity index is 455. The first-order valence-electron chi connectivity index (χ1n) is 6.21. The summed E-state index contributed by atoms with van der Waals surface area (Å²) in [5.74, 6) is -0.374. The highest BCUT2D eigenvalue weighted by molar-refractivity contribution is 5.68. The summed E-state index contributed by atoms with van der Waals surface area (Å²) in [5, 5.41) is 2.60. The van der Waals surface area contributed by atoms with Gasteiger partial charge in [0.05, 0.1) is 6.04 Å². The number of hydrogen-bond acceptors (Lipinski definition) is 3. The topological polar surface area (TPSA) is 64.3 Å². The van der Waals surface area contributed by atoms with Crippen LogP contribution in [0.4, 0.5) is 9.18 Å². The van der Waals surface area contributed by atoms with Crippen molar-refractivity contribution in [3.05, 3.63) is 35.1 Å². The van der Waals surface area contributed by atoms with Gasteiger partial charge >= 0.3 is 6.09 Å². The summed E-state index contributed by atoms with van der Waals surface area (Å²) < 4.78 is 18.8. The number of nitrogens with two attached hydrogens (primary N) is 1. The molecule has 3 N–H and O–H groups in total. The molecule has 0 spiro atoms. The van der Waals surface area contributed by atoms with Gasteiger partial charge in [-0.15, -0.1) is 0 Å². The third kappa shape index (κ3) is 4.87. The second-order valence-electron chi connectivity index (χ2n) is 5.43. The SMILES string of the molecule is CC(NC(=O)OC(C)(C)C)c1cc(CN)ccc1F. The molecule has 0 aliphatic carbocycles. The molecule has 1 atom stereocenters. The molecule has 0 aliphatic rings. The van der Waals surface area contributed by atoms with E-state index in [0.29, 0.717) is 12.1 Å². The smallest absolute Gasteiger partial charge is 0.408 e. The number of rotatable bonds is 3. The zero-order chi connectivity index (χ0) is 14.6. The Kier molecular flexibility index (Phi) is 4.89. The quantitative estimate of drug-likeness (QED) is 0.886. The molecular formula is C14H21FN2O2. The Morgan fingerprint density at radius 1 is 1.47 bits per heavy atom. The van der Waals surface area contributed by atoms with E-state index in [1.54, 1.807) is 39.8 Å². The molecule has 5 heteroatoms. The highest BCUT2D eigenvalue weighted by Crippen LogP contribution is 2.19. The van der Waals surface area contributed by atoms with Gasteiger partial charge in [-0.25, -0.2) is 9.18 Å². The Morgan fingerprint density at radius 2 is 2.11 bits per heavy atom. The number of halogens is 1. The van der Waals surface area contributed by atoms with E-state index in [-0.39, 0.29) is 5.82 Å². The molecule has 1 aromatic rings. The van der Waals surface area contributed by atoms with E-state index < -0.39 is 17.7 Å². The van der Waals surface area contributed by atoms with Crippen molar-refractivity contribution in [2.75, 3.05) is 0 Å². The van der Waals surface area contributed by atoms with Crippen molar-refractivity contribution in [2.45, 2.75) is 45.9 Å². The monoisotopic (exact) mass is 268 g/mol. The maximum absolute atomic E-state index is 13.7. The van der Waals surface area contributed by atoms with Crippen molar-refractivity contribution in [3.63, 3.8) is 0 Å². The Balaban J connectivity index is 2.78. The van der Waals surface area contributed by atoms with Crippen molar-refractivity contribution in [1.29, 1.82) is 0 Å². The maximum Gasteiger partial charge on any atom is 0.408 e. The molecule has 1 aromatic carbocycles. The lowest BCUT2D eigenvalue weighted by Crippen LogP contribution is -2.34. The minimum Gasteiger partial charge on any atom is -0.444 e. The molecule has 0 aliphatic heterocycles. The first-order valence-corrected chi connectivity index (χ1v) is 6.21. The number of ether oxygens (including phenoxy) is 1. The lowest BCUT2D eigenvalue weighted by atomic mass is 10.0. The van der Waals surface area contributed by atoms with E-state index in [1.165, 1.54) is 6.07 Å². The third-order valence-corrected chi connectivity index (χ3v) is 2.50. The standard InChI is InChI=1S/C14H21FN2O2/c1-9(17-13(18)19-14(2,3)4)11-7-10(8-16)5-6-12(11)15/h5-7,9H,8,16H2,1-4H3,(H,17,18). The van der Waals surface area contributed by atoms with Gasteiger partial charge in [0.2, 0.25) is 0 Å². The van der Waals surface area contributed by atoms with E-state index in [4.69, 9.17) is 10.5 Å². The van der Waals surface area contributed by atoms with Crippen molar-refractivity contribution < 1.29 is 13.9 Å². The summed E-state index contributed by atoms with van der Waals surface area (Å²) in [4.78, 5) is 11.6. The van der Waals surface area contributed by atoms with Crippen molar-refractivity contribution in [3.8, 4) is 0 Å². The second kappa shape index (κ2) is 6.02. The van der Waals surface area contributed by atoms with Crippen LogP contribution in [0.25, 0.3) is 0 Å². The average molecular weight is 268 g/mol. The van der Waals surface area contributed by atoms with Crippen LogP contribution in [0.2, 0.25) is 0 Å². The molecule has 0 heterocycles. The van der Waals surface area contributed by atoms with Gasteiger partial charge in [-0.05, 0) is 45.4 Å². The summed E-state index contributed by atoms with van der Waals surface area (Å²) in [5.41, 5.74) is 6.15. The molecule has 1 amide bonds. The number of carbonyl (C=O) groups excluding carboxylic acids is 1. The number of hydrogen-bond donors (Lipinski definition) is 2. The van der Waals surface area contributed by atoms with Crippen molar-refractivity contribution in [1.82, 2.24) is 5.32 Å². The molecular weight excluding hydrogens is 247 g/mol. The number of alkyl carbamates (subject to hydrolysis) is 1. The normalized spacial score (nSPS) is 12.9. The van der Waals surface area contributed by atoms with Gasteiger partial charge in [0.1, 0.15) is 11.4 Å². The van der Waals surface area contributed by atoms with Crippen LogP contribution in [0.5, 0.6) is 0 Å². The molecule has 0 fully saturated rings. The van der Waals surface area contributed by atoms with Gasteiger partial charge in [0.15, 0.2) is 0 Å². The first kappa shape index (κ1) is 15.4. The molecule has 19 heavy (non-hydrogen) atoms. The third-order valence-electron chi connectivity index (χ3n) is 2.50. The number of nitrogens with one attached hydrogen (secondary N) is 1. The van der Waals surface area contributed by atoms with Crippen LogP contribution < -0.4 is 11.1 Å². The average Bonchev–Trinajstić information content (AvgIpc) is 2.26.